The minimum Gasteiger partial charge on any atom is -0.364 e. The van der Waals surface area contributed by atoms with Crippen LogP contribution in [0.15, 0.2) is 16.7 Å². The lowest BCUT2D eigenvalue weighted by Crippen LogP contribution is -2.35. The van der Waals surface area contributed by atoms with Crippen LogP contribution in [0.3, 0.4) is 0 Å². The fraction of sp³-hybridized carbons (Fsp3) is 0.615. The van der Waals surface area contributed by atoms with E-state index in [-0.39, 0.29) is 11.0 Å². The zero-order valence-corrected chi connectivity index (χ0v) is 13.4. The summed E-state index contributed by atoms with van der Waals surface area (Å²) >= 11 is 9.50. The van der Waals surface area contributed by atoms with Crippen molar-refractivity contribution in [2.45, 2.75) is 46.6 Å². The SMILES string of the molecule is CC(C)(C)CC(C)(C)Nc1ncc(Br)cc1Cl. The van der Waals surface area contributed by atoms with Crippen molar-refractivity contribution in [2.24, 2.45) is 5.41 Å². The van der Waals surface area contributed by atoms with Crippen molar-refractivity contribution >= 4 is 33.3 Å². The van der Waals surface area contributed by atoms with Crippen LogP contribution in [0.5, 0.6) is 0 Å². The monoisotopic (exact) mass is 318 g/mol. The molecule has 0 aliphatic carbocycles. The summed E-state index contributed by atoms with van der Waals surface area (Å²) in [6, 6.07) is 1.85. The molecule has 1 rings (SSSR count). The number of rotatable bonds is 3. The zero-order chi connectivity index (χ0) is 13.3. The largest absolute Gasteiger partial charge is 0.364 e. The molecule has 1 N–H and O–H groups in total. The molecular weight excluding hydrogens is 300 g/mol. The summed E-state index contributed by atoms with van der Waals surface area (Å²) < 4.78 is 0.890. The lowest BCUT2D eigenvalue weighted by Gasteiger charge is -2.34. The molecule has 0 bridgehead atoms. The van der Waals surface area contributed by atoms with Crippen LogP contribution in [-0.2, 0) is 0 Å². The Morgan fingerprint density at radius 1 is 1.29 bits per heavy atom. The fourth-order valence-electron chi connectivity index (χ4n) is 2.20. The number of pyridine rings is 1. The van der Waals surface area contributed by atoms with Gasteiger partial charge in [0.05, 0.1) is 5.02 Å². The molecule has 96 valence electrons. The number of aromatic nitrogens is 1. The van der Waals surface area contributed by atoms with Gasteiger partial charge in [0.1, 0.15) is 5.82 Å². The Morgan fingerprint density at radius 3 is 2.35 bits per heavy atom. The molecule has 0 fully saturated rings. The van der Waals surface area contributed by atoms with E-state index in [1.165, 1.54) is 0 Å². The Morgan fingerprint density at radius 2 is 1.88 bits per heavy atom. The van der Waals surface area contributed by atoms with E-state index in [2.05, 4.69) is 60.8 Å². The molecule has 0 unspecified atom stereocenters. The molecule has 1 heterocycles. The second-order valence-electron chi connectivity index (χ2n) is 6.23. The van der Waals surface area contributed by atoms with Crippen molar-refractivity contribution in [3.05, 3.63) is 21.8 Å². The number of anilines is 1. The van der Waals surface area contributed by atoms with E-state index in [1.54, 1.807) is 6.20 Å². The molecule has 0 amide bonds. The molecule has 0 atom stereocenters. The Hall–Kier alpha value is -0.280. The molecule has 2 nitrogen and oxygen atoms in total. The molecule has 4 heteroatoms. The van der Waals surface area contributed by atoms with Crippen LogP contribution < -0.4 is 5.32 Å². The third-order valence-corrected chi connectivity index (χ3v) is 2.96. The summed E-state index contributed by atoms with van der Waals surface area (Å²) in [5.74, 6) is 0.740. The van der Waals surface area contributed by atoms with E-state index in [0.717, 1.165) is 16.7 Å². The van der Waals surface area contributed by atoms with Crippen molar-refractivity contribution in [2.75, 3.05) is 5.32 Å². The third-order valence-electron chi connectivity index (χ3n) is 2.24. The maximum Gasteiger partial charge on any atom is 0.145 e. The number of hydrogen-bond acceptors (Lipinski definition) is 2. The molecule has 0 saturated heterocycles. The van der Waals surface area contributed by atoms with E-state index < -0.39 is 0 Å². The highest BCUT2D eigenvalue weighted by Gasteiger charge is 2.26. The van der Waals surface area contributed by atoms with Crippen molar-refractivity contribution < 1.29 is 0 Å². The maximum absolute atomic E-state index is 6.15. The first-order valence-corrected chi connectivity index (χ1v) is 6.85. The summed E-state index contributed by atoms with van der Waals surface area (Å²) in [6.45, 7) is 11.0. The van der Waals surface area contributed by atoms with Gasteiger partial charge < -0.3 is 5.32 Å². The Kier molecular flexibility index (Phi) is 4.48. The Balaban J connectivity index is 2.83. The molecule has 0 aliphatic heterocycles. The zero-order valence-electron chi connectivity index (χ0n) is 11.1. The second kappa shape index (κ2) is 5.15. The number of nitrogens with one attached hydrogen (secondary N) is 1. The predicted octanol–water partition coefficient (Wildman–Crippen LogP) is 5.12. The molecule has 0 spiro atoms. The molecule has 1 aromatic heterocycles. The molecule has 0 radical (unpaired) electrons. The normalized spacial score (nSPS) is 12.6. The van der Waals surface area contributed by atoms with Crippen molar-refractivity contribution in [1.82, 2.24) is 4.98 Å². The fourth-order valence-corrected chi connectivity index (χ4v) is 2.87. The summed E-state index contributed by atoms with van der Waals surface area (Å²) in [5.41, 5.74) is 0.223. The molecule has 0 aromatic carbocycles. The first-order valence-electron chi connectivity index (χ1n) is 5.68. The molecule has 1 aromatic rings. The summed E-state index contributed by atoms with van der Waals surface area (Å²) in [5, 5.41) is 4.05. The van der Waals surface area contributed by atoms with Gasteiger partial charge in [-0.1, -0.05) is 32.4 Å². The highest BCUT2D eigenvalue weighted by molar-refractivity contribution is 9.10. The topological polar surface area (TPSA) is 24.9 Å². The minimum absolute atomic E-state index is 0.0390. The van der Waals surface area contributed by atoms with E-state index >= 15 is 0 Å². The lowest BCUT2D eigenvalue weighted by molar-refractivity contribution is 0.302. The average molecular weight is 320 g/mol. The van der Waals surface area contributed by atoms with E-state index in [0.29, 0.717) is 5.02 Å². The molecule has 0 aliphatic rings. The first-order chi connectivity index (χ1) is 7.59. The summed E-state index contributed by atoms with van der Waals surface area (Å²) in [7, 11) is 0. The van der Waals surface area contributed by atoms with Gasteiger partial charge in [-0.05, 0) is 47.7 Å². The average Bonchev–Trinajstić information content (AvgIpc) is 2.05. The van der Waals surface area contributed by atoms with Crippen molar-refractivity contribution in [3.63, 3.8) is 0 Å². The van der Waals surface area contributed by atoms with Gasteiger partial charge in [-0.3, -0.25) is 0 Å². The number of halogens is 2. The third kappa shape index (κ3) is 5.26. The quantitative estimate of drug-likeness (QED) is 0.836. The summed E-state index contributed by atoms with van der Waals surface area (Å²) in [6.07, 6.45) is 2.79. The predicted molar refractivity (Wildman–Crippen MR) is 78.7 cm³/mol. The van der Waals surface area contributed by atoms with Gasteiger partial charge in [-0.2, -0.15) is 0 Å². The molecule has 0 saturated carbocycles. The van der Waals surface area contributed by atoms with E-state index in [1.807, 2.05) is 6.07 Å². The van der Waals surface area contributed by atoms with Gasteiger partial charge in [-0.25, -0.2) is 4.98 Å². The van der Waals surface area contributed by atoms with E-state index in [9.17, 15) is 0 Å². The van der Waals surface area contributed by atoms with Crippen LogP contribution in [0, 0.1) is 5.41 Å². The van der Waals surface area contributed by atoms with Crippen molar-refractivity contribution in [3.8, 4) is 0 Å². The van der Waals surface area contributed by atoms with Gasteiger partial charge in [0.2, 0.25) is 0 Å². The van der Waals surface area contributed by atoms with Crippen LogP contribution >= 0.6 is 27.5 Å². The lowest BCUT2D eigenvalue weighted by atomic mass is 9.82. The highest BCUT2D eigenvalue weighted by Crippen LogP contribution is 2.31. The van der Waals surface area contributed by atoms with Gasteiger partial charge >= 0.3 is 0 Å². The van der Waals surface area contributed by atoms with E-state index in [4.69, 9.17) is 11.6 Å². The van der Waals surface area contributed by atoms with Crippen LogP contribution in [0.1, 0.15) is 41.0 Å². The second-order valence-corrected chi connectivity index (χ2v) is 7.55. The smallest absolute Gasteiger partial charge is 0.145 e. The van der Waals surface area contributed by atoms with Gasteiger partial charge in [0.15, 0.2) is 0 Å². The highest BCUT2D eigenvalue weighted by atomic mass is 79.9. The number of nitrogens with zero attached hydrogens (tertiary/aromatic N) is 1. The van der Waals surface area contributed by atoms with Crippen LogP contribution in [0.4, 0.5) is 5.82 Å². The van der Waals surface area contributed by atoms with Crippen molar-refractivity contribution in [1.29, 1.82) is 0 Å². The van der Waals surface area contributed by atoms with Crippen LogP contribution in [0.2, 0.25) is 5.02 Å². The minimum atomic E-state index is -0.0390. The van der Waals surface area contributed by atoms with Crippen LogP contribution in [0.25, 0.3) is 0 Å². The number of hydrogen-bond donors (Lipinski definition) is 1. The van der Waals surface area contributed by atoms with Crippen LogP contribution in [-0.4, -0.2) is 10.5 Å². The standard InChI is InChI=1S/C13H20BrClN2/c1-12(2,3)8-13(4,5)17-11-10(15)6-9(14)7-16-11/h6-7H,8H2,1-5H3,(H,16,17). The Labute approximate surface area is 117 Å². The van der Waals surface area contributed by atoms with Gasteiger partial charge in [0.25, 0.3) is 0 Å². The first kappa shape index (κ1) is 14.8. The molecular formula is C13H20BrClN2. The molecule has 17 heavy (non-hydrogen) atoms. The van der Waals surface area contributed by atoms with Gasteiger partial charge in [0, 0.05) is 16.2 Å². The maximum atomic E-state index is 6.15. The summed E-state index contributed by atoms with van der Waals surface area (Å²) in [4.78, 5) is 4.30. The Bertz CT molecular complexity index is 397. The van der Waals surface area contributed by atoms with Gasteiger partial charge in [-0.15, -0.1) is 0 Å².